The fourth-order valence-corrected chi connectivity index (χ4v) is 2.86. The van der Waals surface area contributed by atoms with Crippen molar-refractivity contribution >= 4 is 23.6 Å². The number of carbonyl (C=O) groups excluding carboxylic acids is 1. The number of anilines is 1. The smallest absolute Gasteiger partial charge is 0.328 e. The Labute approximate surface area is 158 Å². The maximum atomic E-state index is 13.3. The quantitative estimate of drug-likeness (QED) is 0.680. The molecule has 0 radical (unpaired) electrons. The van der Waals surface area contributed by atoms with Gasteiger partial charge in [-0.3, -0.25) is 4.79 Å². The monoisotopic (exact) mass is 379 g/mol. The number of nitrogens with one attached hydrogen (secondary N) is 1. The molecular weight excluding hydrogens is 365 g/mol. The lowest BCUT2D eigenvalue weighted by Gasteiger charge is -2.18. The van der Waals surface area contributed by atoms with E-state index in [1.165, 1.54) is 18.2 Å². The van der Waals surface area contributed by atoms with Crippen LogP contribution in [0.1, 0.15) is 5.69 Å². The molecule has 0 bridgehead atoms. The number of fused-ring (bicyclic) bond motifs is 1. The zero-order valence-corrected chi connectivity index (χ0v) is 14.4. The van der Waals surface area contributed by atoms with Crippen molar-refractivity contribution in [2.75, 3.05) is 11.9 Å². The van der Waals surface area contributed by atoms with E-state index in [0.717, 1.165) is 11.6 Å². The lowest BCUT2D eigenvalue weighted by Crippen LogP contribution is -2.25. The van der Waals surface area contributed by atoms with E-state index in [1.807, 2.05) is 0 Å². The largest absolute Gasteiger partial charge is 0.482 e. The summed E-state index contributed by atoms with van der Waals surface area (Å²) in [5.74, 6) is -1.16. The zero-order valence-electron chi connectivity index (χ0n) is 14.4. The zero-order chi connectivity index (χ0) is 19.7. The van der Waals surface area contributed by atoms with Gasteiger partial charge in [0.15, 0.2) is 6.61 Å². The molecule has 0 atom stereocenters. The number of aliphatic carboxylic acids is 1. The Balaban J connectivity index is 1.83. The van der Waals surface area contributed by atoms with E-state index in [9.17, 15) is 14.0 Å². The number of benzene rings is 2. The van der Waals surface area contributed by atoms with Crippen molar-refractivity contribution in [3.05, 3.63) is 66.1 Å². The summed E-state index contributed by atoms with van der Waals surface area (Å²) >= 11 is 0. The first-order valence-electron chi connectivity index (χ1n) is 8.34. The molecule has 7 nitrogen and oxygen atoms in total. The molecule has 1 aliphatic heterocycles. The molecule has 1 amide bonds. The third-order valence-electron chi connectivity index (χ3n) is 4.10. The molecule has 0 spiro atoms. The Hall–Kier alpha value is -3.94. The molecule has 4 rings (SSSR count). The average Bonchev–Trinajstić information content (AvgIpc) is 3.10. The first-order valence-corrected chi connectivity index (χ1v) is 8.34. The number of rotatable bonds is 4. The number of amides is 1. The van der Waals surface area contributed by atoms with Gasteiger partial charge in [-0.2, -0.15) is 5.10 Å². The fourth-order valence-electron chi connectivity index (χ4n) is 2.86. The van der Waals surface area contributed by atoms with Gasteiger partial charge in [0, 0.05) is 11.6 Å². The maximum Gasteiger partial charge on any atom is 0.328 e. The van der Waals surface area contributed by atoms with E-state index < -0.39 is 5.97 Å². The second-order valence-electron chi connectivity index (χ2n) is 6.06. The van der Waals surface area contributed by atoms with Crippen molar-refractivity contribution in [1.82, 2.24) is 9.78 Å². The molecule has 0 unspecified atom stereocenters. The molecule has 28 heavy (non-hydrogen) atoms. The van der Waals surface area contributed by atoms with Gasteiger partial charge in [-0.1, -0.05) is 0 Å². The lowest BCUT2D eigenvalue weighted by molar-refractivity contribution is -0.131. The second-order valence-corrected chi connectivity index (χ2v) is 6.06. The standard InChI is InChI=1S/C20H14FN3O4/c21-13-2-5-15(6-3-13)24-17(10-14(23-24)4-8-20(26)27)12-1-7-18-16(9-12)22-19(25)11-28-18/h1-10H,11H2,(H,22,25)(H,26,27)/b8-4+. The number of carboxylic acid groups (broad SMARTS) is 1. The van der Waals surface area contributed by atoms with E-state index in [2.05, 4.69) is 10.4 Å². The molecule has 3 aromatic rings. The summed E-state index contributed by atoms with van der Waals surface area (Å²) in [6, 6.07) is 12.8. The minimum absolute atomic E-state index is 0.0377. The number of halogens is 1. The highest BCUT2D eigenvalue weighted by Crippen LogP contribution is 2.34. The van der Waals surface area contributed by atoms with Crippen molar-refractivity contribution in [2.24, 2.45) is 0 Å². The average molecular weight is 379 g/mol. The number of carboxylic acids is 1. The minimum Gasteiger partial charge on any atom is -0.482 e. The highest BCUT2D eigenvalue weighted by atomic mass is 19.1. The summed E-state index contributed by atoms with van der Waals surface area (Å²) in [6.45, 7) is -0.0377. The van der Waals surface area contributed by atoms with Crippen molar-refractivity contribution in [3.8, 4) is 22.7 Å². The fraction of sp³-hybridized carbons (Fsp3) is 0.0500. The first-order chi connectivity index (χ1) is 13.5. The SMILES string of the molecule is O=C(O)/C=C/c1cc(-c2ccc3c(c2)NC(=O)CO3)n(-c2ccc(F)cc2)n1. The molecule has 0 saturated carbocycles. The summed E-state index contributed by atoms with van der Waals surface area (Å²) in [5.41, 5.74) is 2.91. The van der Waals surface area contributed by atoms with Crippen LogP contribution in [0, 0.1) is 5.82 Å². The van der Waals surface area contributed by atoms with Crippen LogP contribution in [0.4, 0.5) is 10.1 Å². The van der Waals surface area contributed by atoms with Crippen molar-refractivity contribution < 1.29 is 23.8 Å². The van der Waals surface area contributed by atoms with E-state index >= 15 is 0 Å². The van der Waals surface area contributed by atoms with Crippen molar-refractivity contribution in [2.45, 2.75) is 0 Å². The molecule has 0 fully saturated rings. The Morgan fingerprint density at radius 2 is 2.00 bits per heavy atom. The van der Waals surface area contributed by atoms with Crippen LogP contribution in [0.25, 0.3) is 23.0 Å². The van der Waals surface area contributed by atoms with Crippen LogP contribution in [0.15, 0.2) is 54.6 Å². The van der Waals surface area contributed by atoms with Crippen LogP contribution in [0.3, 0.4) is 0 Å². The van der Waals surface area contributed by atoms with Crippen LogP contribution >= 0.6 is 0 Å². The van der Waals surface area contributed by atoms with Gasteiger partial charge in [0.25, 0.3) is 5.91 Å². The van der Waals surface area contributed by atoms with Gasteiger partial charge in [0.2, 0.25) is 0 Å². The van der Waals surface area contributed by atoms with Crippen LogP contribution in [-0.2, 0) is 9.59 Å². The molecule has 140 valence electrons. The number of ether oxygens (including phenoxy) is 1. The molecule has 0 aliphatic carbocycles. The van der Waals surface area contributed by atoms with Gasteiger partial charge in [0.1, 0.15) is 11.6 Å². The third-order valence-corrected chi connectivity index (χ3v) is 4.10. The van der Waals surface area contributed by atoms with Gasteiger partial charge < -0.3 is 15.2 Å². The Bertz CT molecular complexity index is 1100. The van der Waals surface area contributed by atoms with E-state index in [-0.39, 0.29) is 18.3 Å². The van der Waals surface area contributed by atoms with Crippen molar-refractivity contribution in [1.29, 1.82) is 0 Å². The first kappa shape index (κ1) is 17.5. The molecule has 2 N–H and O–H groups in total. The lowest BCUT2D eigenvalue weighted by atomic mass is 10.1. The Morgan fingerprint density at radius 1 is 1.21 bits per heavy atom. The number of aromatic nitrogens is 2. The molecule has 1 aliphatic rings. The minimum atomic E-state index is -1.09. The predicted octanol–water partition coefficient (Wildman–Crippen LogP) is 3.11. The van der Waals surface area contributed by atoms with Crippen molar-refractivity contribution in [3.63, 3.8) is 0 Å². The normalized spacial score (nSPS) is 13.1. The Morgan fingerprint density at radius 3 is 2.75 bits per heavy atom. The maximum absolute atomic E-state index is 13.3. The van der Waals surface area contributed by atoms with Gasteiger partial charge >= 0.3 is 5.97 Å². The molecule has 0 saturated heterocycles. The van der Waals surface area contributed by atoms with Gasteiger partial charge in [-0.15, -0.1) is 0 Å². The molecular formula is C20H14FN3O4. The van der Waals surface area contributed by atoms with Crippen LogP contribution in [-0.4, -0.2) is 33.4 Å². The number of hydrogen-bond donors (Lipinski definition) is 2. The van der Waals surface area contributed by atoms with Crippen LogP contribution in [0.5, 0.6) is 5.75 Å². The molecule has 2 heterocycles. The molecule has 2 aromatic carbocycles. The van der Waals surface area contributed by atoms with Crippen LogP contribution in [0.2, 0.25) is 0 Å². The van der Waals surface area contributed by atoms with Gasteiger partial charge in [0.05, 0.1) is 22.8 Å². The van der Waals surface area contributed by atoms with Gasteiger partial charge in [-0.25, -0.2) is 13.9 Å². The summed E-state index contributed by atoms with van der Waals surface area (Å²) in [6.07, 6.45) is 2.36. The number of carbonyl (C=O) groups is 2. The third kappa shape index (κ3) is 3.48. The summed E-state index contributed by atoms with van der Waals surface area (Å²) < 4.78 is 20.3. The summed E-state index contributed by atoms with van der Waals surface area (Å²) in [7, 11) is 0. The number of nitrogens with zero attached hydrogens (tertiary/aromatic N) is 2. The topological polar surface area (TPSA) is 93.5 Å². The summed E-state index contributed by atoms with van der Waals surface area (Å²) in [5, 5.41) is 16.0. The van der Waals surface area contributed by atoms with E-state index in [1.54, 1.807) is 41.1 Å². The van der Waals surface area contributed by atoms with Gasteiger partial charge in [-0.05, 0) is 54.6 Å². The molecule has 8 heteroatoms. The van der Waals surface area contributed by atoms with E-state index in [4.69, 9.17) is 9.84 Å². The second kappa shape index (κ2) is 6.99. The van der Waals surface area contributed by atoms with Crippen LogP contribution < -0.4 is 10.1 Å². The molecule has 1 aromatic heterocycles. The van der Waals surface area contributed by atoms with E-state index in [0.29, 0.717) is 28.5 Å². The number of hydrogen-bond acceptors (Lipinski definition) is 4. The predicted molar refractivity (Wildman–Crippen MR) is 99.8 cm³/mol. The summed E-state index contributed by atoms with van der Waals surface area (Å²) in [4.78, 5) is 22.4. The highest BCUT2D eigenvalue weighted by molar-refractivity contribution is 5.96. The Kier molecular flexibility index (Phi) is 4.36. The highest BCUT2D eigenvalue weighted by Gasteiger charge is 2.18.